The average molecular weight is 383 g/mol. The van der Waals surface area contributed by atoms with E-state index in [0.29, 0.717) is 0 Å². The Morgan fingerprint density at radius 3 is 2.20 bits per heavy atom. The van der Waals surface area contributed by atoms with Crippen LogP contribution in [0, 0.1) is 0 Å². The number of aryl methyl sites for hydroxylation is 1. The molecule has 0 spiro atoms. The molecule has 0 saturated heterocycles. The first-order chi connectivity index (χ1) is 14.9. The molecule has 0 amide bonds. The Labute approximate surface area is 175 Å². The number of nitrogens with zero attached hydrogens (tertiary/aromatic N) is 1. The second-order valence-electron chi connectivity index (χ2n) is 8.38. The molecule has 0 radical (unpaired) electrons. The topological polar surface area (TPSA) is 4.93 Å². The van der Waals surface area contributed by atoms with Crippen LogP contribution in [0.15, 0.2) is 84.9 Å². The van der Waals surface area contributed by atoms with Gasteiger partial charge in [0.15, 0.2) is 0 Å². The van der Waals surface area contributed by atoms with Crippen LogP contribution >= 0.6 is 0 Å². The van der Waals surface area contributed by atoms with Gasteiger partial charge in [-0.15, -0.1) is 0 Å². The zero-order chi connectivity index (χ0) is 19.8. The molecule has 0 N–H and O–H groups in total. The second kappa shape index (κ2) is 5.73. The van der Waals surface area contributed by atoms with Gasteiger partial charge in [0.25, 0.3) is 0 Å². The van der Waals surface area contributed by atoms with Crippen molar-refractivity contribution in [2.75, 3.05) is 0 Å². The minimum Gasteiger partial charge on any atom is -0.340 e. The van der Waals surface area contributed by atoms with E-state index >= 15 is 0 Å². The lowest BCUT2D eigenvalue weighted by Gasteiger charge is -2.13. The monoisotopic (exact) mass is 383 g/mol. The first-order valence-corrected chi connectivity index (χ1v) is 10.8. The molecule has 0 saturated carbocycles. The predicted molar refractivity (Wildman–Crippen MR) is 128 cm³/mol. The largest absolute Gasteiger partial charge is 0.340 e. The Bertz CT molecular complexity index is 1650. The molecule has 142 valence electrons. The Hall–Kier alpha value is -3.58. The summed E-state index contributed by atoms with van der Waals surface area (Å²) < 4.78 is 2.53. The predicted octanol–water partition coefficient (Wildman–Crippen LogP) is 7.69. The van der Waals surface area contributed by atoms with Gasteiger partial charge in [-0.05, 0) is 56.8 Å². The van der Waals surface area contributed by atoms with Crippen LogP contribution < -0.4 is 0 Å². The molecule has 0 fully saturated rings. The summed E-state index contributed by atoms with van der Waals surface area (Å²) in [5.41, 5.74) is 8.60. The lowest BCUT2D eigenvalue weighted by atomic mass is 9.91. The minimum atomic E-state index is 0.978. The van der Waals surface area contributed by atoms with Crippen molar-refractivity contribution >= 4 is 43.4 Å². The number of para-hydroxylation sites is 1. The lowest BCUT2D eigenvalue weighted by molar-refractivity contribution is 0.824. The third kappa shape index (κ3) is 1.88. The molecular weight excluding hydrogens is 362 g/mol. The van der Waals surface area contributed by atoms with Crippen LogP contribution in [0.25, 0.3) is 54.5 Å². The van der Waals surface area contributed by atoms with E-state index in [-0.39, 0.29) is 0 Å². The number of aromatic nitrogens is 1. The van der Waals surface area contributed by atoms with Gasteiger partial charge in [0.1, 0.15) is 0 Å². The molecule has 30 heavy (non-hydrogen) atoms. The van der Waals surface area contributed by atoms with Gasteiger partial charge in [-0.3, -0.25) is 0 Å². The van der Waals surface area contributed by atoms with Crippen LogP contribution in [-0.4, -0.2) is 4.57 Å². The fourth-order valence-electron chi connectivity index (χ4n) is 5.83. The number of benzene rings is 5. The summed E-state index contributed by atoms with van der Waals surface area (Å²) in [4.78, 5) is 0. The molecule has 6 aromatic rings. The highest BCUT2D eigenvalue weighted by Gasteiger charge is 2.28. The van der Waals surface area contributed by atoms with Crippen molar-refractivity contribution in [1.82, 2.24) is 4.57 Å². The highest BCUT2D eigenvalue weighted by Crippen LogP contribution is 2.50. The van der Waals surface area contributed by atoms with E-state index in [0.717, 1.165) is 13.0 Å². The maximum Gasteiger partial charge on any atom is 0.0540 e. The van der Waals surface area contributed by atoms with E-state index in [2.05, 4.69) is 96.4 Å². The van der Waals surface area contributed by atoms with E-state index in [1.807, 2.05) is 0 Å². The van der Waals surface area contributed by atoms with E-state index in [4.69, 9.17) is 0 Å². The van der Waals surface area contributed by atoms with Crippen LogP contribution in [0.2, 0.25) is 0 Å². The molecule has 1 aliphatic rings. The molecule has 1 heterocycles. The zero-order valence-corrected chi connectivity index (χ0v) is 16.9. The van der Waals surface area contributed by atoms with Crippen molar-refractivity contribution in [3.63, 3.8) is 0 Å². The Balaban J connectivity index is 1.79. The van der Waals surface area contributed by atoms with Gasteiger partial charge in [0.2, 0.25) is 0 Å². The third-order valence-corrected chi connectivity index (χ3v) is 6.97. The molecule has 0 unspecified atom stereocenters. The maximum absolute atomic E-state index is 2.53. The summed E-state index contributed by atoms with van der Waals surface area (Å²) in [7, 11) is 0. The van der Waals surface area contributed by atoms with Gasteiger partial charge in [-0.25, -0.2) is 0 Å². The maximum atomic E-state index is 2.53. The molecule has 1 aromatic heterocycles. The van der Waals surface area contributed by atoms with Gasteiger partial charge >= 0.3 is 0 Å². The highest BCUT2D eigenvalue weighted by atomic mass is 15.0. The molecule has 5 aromatic carbocycles. The molecule has 1 nitrogen and oxygen atoms in total. The van der Waals surface area contributed by atoms with Crippen molar-refractivity contribution in [3.05, 3.63) is 96.1 Å². The highest BCUT2D eigenvalue weighted by molar-refractivity contribution is 6.27. The smallest absolute Gasteiger partial charge is 0.0540 e. The molecule has 0 bridgehead atoms. The van der Waals surface area contributed by atoms with Gasteiger partial charge in [0.05, 0.1) is 5.52 Å². The summed E-state index contributed by atoms with van der Waals surface area (Å²) in [5, 5.41) is 8.24. The SMILES string of the molecule is CCn1c2ccccc2c2c3ccccc3c3c(c21)Cc1ccc2ccccc2c1-3. The van der Waals surface area contributed by atoms with Gasteiger partial charge in [-0.1, -0.05) is 78.9 Å². The number of hydrogen-bond acceptors (Lipinski definition) is 0. The van der Waals surface area contributed by atoms with Crippen molar-refractivity contribution in [3.8, 4) is 11.1 Å². The fraction of sp³-hybridized carbons (Fsp3) is 0.103. The normalized spacial score (nSPS) is 12.8. The average Bonchev–Trinajstić information content (AvgIpc) is 3.35. The number of rotatable bonds is 1. The van der Waals surface area contributed by atoms with E-state index in [1.165, 1.54) is 65.6 Å². The van der Waals surface area contributed by atoms with Gasteiger partial charge < -0.3 is 4.57 Å². The molecular formula is C29H21N. The molecule has 7 rings (SSSR count). The Morgan fingerprint density at radius 1 is 0.667 bits per heavy atom. The quantitative estimate of drug-likeness (QED) is 0.274. The summed E-state index contributed by atoms with van der Waals surface area (Å²) >= 11 is 0. The molecule has 1 heteroatoms. The fourth-order valence-corrected chi connectivity index (χ4v) is 5.83. The van der Waals surface area contributed by atoms with Crippen molar-refractivity contribution in [1.29, 1.82) is 0 Å². The van der Waals surface area contributed by atoms with E-state index in [9.17, 15) is 0 Å². The summed E-state index contributed by atoms with van der Waals surface area (Å²) in [6, 6.07) is 31.4. The van der Waals surface area contributed by atoms with E-state index in [1.54, 1.807) is 0 Å². The zero-order valence-electron chi connectivity index (χ0n) is 16.9. The van der Waals surface area contributed by atoms with Crippen molar-refractivity contribution in [2.45, 2.75) is 19.9 Å². The minimum absolute atomic E-state index is 0.978. The summed E-state index contributed by atoms with van der Waals surface area (Å²) in [6.07, 6.45) is 1.01. The molecule has 0 aliphatic heterocycles. The van der Waals surface area contributed by atoms with Crippen molar-refractivity contribution < 1.29 is 0 Å². The Morgan fingerprint density at radius 2 is 1.37 bits per heavy atom. The van der Waals surface area contributed by atoms with Gasteiger partial charge in [0, 0.05) is 29.3 Å². The standard InChI is InChI=1S/C29H21N/c1-2-30-25-14-8-7-13-23(25)28-22-12-6-5-11-21(22)27-24(29(28)30)17-19-16-15-18-9-3-4-10-20(18)26(19)27/h3-16H,2,17H2,1H3. The number of hydrogen-bond donors (Lipinski definition) is 0. The molecule has 1 aliphatic carbocycles. The Kier molecular flexibility index (Phi) is 3.10. The van der Waals surface area contributed by atoms with Crippen molar-refractivity contribution in [2.24, 2.45) is 0 Å². The second-order valence-corrected chi connectivity index (χ2v) is 8.38. The third-order valence-electron chi connectivity index (χ3n) is 6.97. The van der Waals surface area contributed by atoms with Crippen LogP contribution in [0.4, 0.5) is 0 Å². The first-order valence-electron chi connectivity index (χ1n) is 10.8. The van der Waals surface area contributed by atoms with Crippen LogP contribution in [0.5, 0.6) is 0 Å². The summed E-state index contributed by atoms with van der Waals surface area (Å²) in [6.45, 7) is 3.25. The van der Waals surface area contributed by atoms with Gasteiger partial charge in [-0.2, -0.15) is 0 Å². The van der Waals surface area contributed by atoms with E-state index < -0.39 is 0 Å². The van der Waals surface area contributed by atoms with Crippen LogP contribution in [-0.2, 0) is 13.0 Å². The molecule has 0 atom stereocenters. The lowest BCUT2D eigenvalue weighted by Crippen LogP contribution is -1.97. The number of fused-ring (bicyclic) bond motifs is 12. The summed E-state index contributed by atoms with van der Waals surface area (Å²) in [5.74, 6) is 0. The van der Waals surface area contributed by atoms with Crippen LogP contribution in [0.1, 0.15) is 18.1 Å². The van der Waals surface area contributed by atoms with Crippen LogP contribution in [0.3, 0.4) is 0 Å². The first kappa shape index (κ1) is 16.2.